The van der Waals surface area contributed by atoms with Crippen LogP contribution in [0, 0.1) is 0 Å². The first-order chi connectivity index (χ1) is 8.54. The molecule has 1 unspecified atom stereocenters. The van der Waals surface area contributed by atoms with Crippen LogP contribution in [0.15, 0.2) is 6.33 Å². The Morgan fingerprint density at radius 1 is 1.44 bits per heavy atom. The minimum atomic E-state index is 0.0138. The summed E-state index contributed by atoms with van der Waals surface area (Å²) in [6.07, 6.45) is 2.50. The number of aryl methyl sites for hydroxylation is 3. The van der Waals surface area contributed by atoms with Crippen molar-refractivity contribution in [3.8, 4) is 0 Å². The molecule has 0 bridgehead atoms. The normalized spacial score (nSPS) is 12.7. The molecule has 0 fully saturated rings. The van der Waals surface area contributed by atoms with Gasteiger partial charge in [0.2, 0.25) is 0 Å². The fraction of sp³-hybridized carbons (Fsp3) is 0.545. The van der Waals surface area contributed by atoms with Gasteiger partial charge in [0.1, 0.15) is 12.1 Å². The van der Waals surface area contributed by atoms with Crippen molar-refractivity contribution < 1.29 is 0 Å². The van der Waals surface area contributed by atoms with Gasteiger partial charge < -0.3 is 15.6 Å². The van der Waals surface area contributed by atoms with Gasteiger partial charge in [-0.25, -0.2) is 0 Å². The topological polar surface area (TPSA) is 86.6 Å². The number of nitrogens with zero attached hydrogens (tertiary/aromatic N) is 5. The van der Waals surface area contributed by atoms with Crippen LogP contribution in [0.3, 0.4) is 0 Å². The molecule has 0 saturated heterocycles. The molecule has 0 spiro atoms. The second-order valence-corrected chi connectivity index (χ2v) is 4.35. The summed E-state index contributed by atoms with van der Waals surface area (Å²) in [5.74, 6) is 1.68. The van der Waals surface area contributed by atoms with Crippen LogP contribution in [0.25, 0.3) is 0 Å². The molecule has 0 aliphatic heterocycles. The van der Waals surface area contributed by atoms with Crippen molar-refractivity contribution in [3.05, 3.63) is 17.8 Å². The number of nitrogen functional groups attached to an aromatic ring is 1. The zero-order valence-electron chi connectivity index (χ0n) is 11.2. The molecule has 0 aliphatic rings. The first kappa shape index (κ1) is 12.4. The molecule has 18 heavy (non-hydrogen) atoms. The van der Waals surface area contributed by atoms with Crippen molar-refractivity contribution in [2.75, 3.05) is 11.1 Å². The Labute approximate surface area is 106 Å². The highest BCUT2D eigenvalue weighted by atomic mass is 15.3. The second-order valence-electron chi connectivity index (χ2n) is 4.35. The van der Waals surface area contributed by atoms with Crippen LogP contribution in [-0.2, 0) is 20.5 Å². The fourth-order valence-electron chi connectivity index (χ4n) is 1.98. The Morgan fingerprint density at radius 3 is 2.67 bits per heavy atom. The molecular weight excluding hydrogens is 230 g/mol. The van der Waals surface area contributed by atoms with E-state index in [4.69, 9.17) is 5.73 Å². The third-order valence-electron chi connectivity index (χ3n) is 2.98. The van der Waals surface area contributed by atoms with E-state index < -0.39 is 0 Å². The lowest BCUT2D eigenvalue weighted by molar-refractivity contribution is 0.692. The molecule has 0 aromatic carbocycles. The van der Waals surface area contributed by atoms with E-state index in [0.717, 1.165) is 23.8 Å². The largest absolute Gasteiger partial charge is 0.394 e. The molecular formula is C11H19N7. The number of aromatic nitrogens is 5. The summed E-state index contributed by atoms with van der Waals surface area (Å²) in [6.45, 7) is 4.05. The molecule has 1 atom stereocenters. The molecule has 98 valence electrons. The maximum absolute atomic E-state index is 6.07. The Bertz CT molecular complexity index is 540. The molecule has 2 rings (SSSR count). The maximum atomic E-state index is 6.07. The van der Waals surface area contributed by atoms with Crippen molar-refractivity contribution in [3.63, 3.8) is 0 Å². The molecule has 7 heteroatoms. The van der Waals surface area contributed by atoms with E-state index in [1.807, 2.05) is 32.5 Å². The minimum absolute atomic E-state index is 0.0138. The fourth-order valence-corrected chi connectivity index (χ4v) is 1.98. The van der Waals surface area contributed by atoms with Gasteiger partial charge in [-0.05, 0) is 13.3 Å². The van der Waals surface area contributed by atoms with Gasteiger partial charge in [0.05, 0.1) is 17.4 Å². The van der Waals surface area contributed by atoms with Gasteiger partial charge in [0.15, 0.2) is 5.82 Å². The summed E-state index contributed by atoms with van der Waals surface area (Å²) in [5.41, 5.74) is 7.68. The zero-order valence-corrected chi connectivity index (χ0v) is 11.2. The van der Waals surface area contributed by atoms with E-state index in [0.29, 0.717) is 5.69 Å². The molecule has 0 amide bonds. The highest BCUT2D eigenvalue weighted by molar-refractivity contribution is 5.65. The Hall–Kier alpha value is -2.05. The summed E-state index contributed by atoms with van der Waals surface area (Å²) < 4.78 is 3.64. The second kappa shape index (κ2) is 4.67. The Morgan fingerprint density at radius 2 is 2.17 bits per heavy atom. The van der Waals surface area contributed by atoms with Crippen LogP contribution in [0.5, 0.6) is 0 Å². The molecule has 2 heterocycles. The van der Waals surface area contributed by atoms with Gasteiger partial charge in [-0.1, -0.05) is 6.92 Å². The van der Waals surface area contributed by atoms with Gasteiger partial charge in [-0.2, -0.15) is 5.10 Å². The molecule has 3 N–H and O–H groups in total. The average Bonchev–Trinajstić information content (AvgIpc) is 2.87. The van der Waals surface area contributed by atoms with E-state index >= 15 is 0 Å². The Balaban J connectivity index is 2.24. The van der Waals surface area contributed by atoms with Crippen molar-refractivity contribution in [2.45, 2.75) is 26.3 Å². The first-order valence-electron chi connectivity index (χ1n) is 5.96. The quantitative estimate of drug-likeness (QED) is 0.839. The summed E-state index contributed by atoms with van der Waals surface area (Å²) >= 11 is 0. The molecule has 0 aliphatic carbocycles. The summed E-state index contributed by atoms with van der Waals surface area (Å²) in [5, 5.41) is 15.6. The SMILES string of the molecule is CCc1nn(C)c(NC(C)c2nncn2C)c1N. The predicted molar refractivity (Wildman–Crippen MR) is 70.0 cm³/mol. The monoisotopic (exact) mass is 249 g/mol. The van der Waals surface area contributed by atoms with Gasteiger partial charge in [-0.3, -0.25) is 4.68 Å². The Kier molecular flexibility index (Phi) is 3.22. The number of anilines is 2. The molecule has 0 radical (unpaired) electrons. The van der Waals surface area contributed by atoms with Crippen molar-refractivity contribution >= 4 is 11.5 Å². The number of nitrogens with two attached hydrogens (primary N) is 1. The van der Waals surface area contributed by atoms with E-state index in [9.17, 15) is 0 Å². The number of hydrogen-bond acceptors (Lipinski definition) is 5. The number of nitrogens with one attached hydrogen (secondary N) is 1. The third kappa shape index (κ3) is 2.03. The standard InChI is InChI=1S/C11H19N7/c1-5-8-9(12)11(18(4)16-8)14-7(2)10-15-13-6-17(10)3/h6-7,14H,5,12H2,1-4H3. The summed E-state index contributed by atoms with van der Waals surface area (Å²) in [4.78, 5) is 0. The van der Waals surface area contributed by atoms with Gasteiger partial charge in [0.25, 0.3) is 0 Å². The average molecular weight is 249 g/mol. The predicted octanol–water partition coefficient (Wildman–Crippen LogP) is 0.866. The molecule has 2 aromatic heterocycles. The molecule has 0 saturated carbocycles. The zero-order chi connectivity index (χ0) is 13.3. The molecule has 2 aromatic rings. The van der Waals surface area contributed by atoms with Crippen LogP contribution in [0.4, 0.5) is 11.5 Å². The van der Waals surface area contributed by atoms with E-state index in [1.165, 1.54) is 0 Å². The first-order valence-corrected chi connectivity index (χ1v) is 5.96. The van der Waals surface area contributed by atoms with Crippen LogP contribution in [0.1, 0.15) is 31.4 Å². The third-order valence-corrected chi connectivity index (χ3v) is 2.98. The molecule has 7 nitrogen and oxygen atoms in total. The van der Waals surface area contributed by atoms with Crippen LogP contribution in [0.2, 0.25) is 0 Å². The smallest absolute Gasteiger partial charge is 0.154 e. The van der Waals surface area contributed by atoms with Crippen LogP contribution < -0.4 is 11.1 Å². The summed E-state index contributed by atoms with van der Waals surface area (Å²) in [6, 6.07) is 0.0138. The van der Waals surface area contributed by atoms with Crippen molar-refractivity contribution in [1.82, 2.24) is 24.5 Å². The van der Waals surface area contributed by atoms with E-state index in [1.54, 1.807) is 11.0 Å². The van der Waals surface area contributed by atoms with E-state index in [-0.39, 0.29) is 6.04 Å². The number of rotatable bonds is 4. The van der Waals surface area contributed by atoms with Gasteiger partial charge >= 0.3 is 0 Å². The van der Waals surface area contributed by atoms with E-state index in [2.05, 4.69) is 20.6 Å². The minimum Gasteiger partial charge on any atom is -0.394 e. The van der Waals surface area contributed by atoms with Crippen molar-refractivity contribution in [2.24, 2.45) is 14.1 Å². The van der Waals surface area contributed by atoms with Crippen LogP contribution in [-0.4, -0.2) is 24.5 Å². The number of hydrogen-bond donors (Lipinski definition) is 2. The summed E-state index contributed by atoms with van der Waals surface area (Å²) in [7, 11) is 3.79. The van der Waals surface area contributed by atoms with Crippen molar-refractivity contribution in [1.29, 1.82) is 0 Å². The highest BCUT2D eigenvalue weighted by Gasteiger charge is 2.17. The maximum Gasteiger partial charge on any atom is 0.154 e. The van der Waals surface area contributed by atoms with Gasteiger partial charge in [-0.15, -0.1) is 10.2 Å². The van der Waals surface area contributed by atoms with Gasteiger partial charge in [0, 0.05) is 14.1 Å². The highest BCUT2D eigenvalue weighted by Crippen LogP contribution is 2.25. The van der Waals surface area contributed by atoms with Crippen LogP contribution >= 0.6 is 0 Å². The lowest BCUT2D eigenvalue weighted by Gasteiger charge is -2.14. The lowest BCUT2D eigenvalue weighted by Crippen LogP contribution is -2.15. The lowest BCUT2D eigenvalue weighted by atomic mass is 10.2.